The predicted octanol–water partition coefficient (Wildman–Crippen LogP) is 8.06. The summed E-state index contributed by atoms with van der Waals surface area (Å²) in [5, 5.41) is 34.4. The van der Waals surface area contributed by atoms with Crippen LogP contribution in [0.2, 0.25) is 5.02 Å². The van der Waals surface area contributed by atoms with Crippen LogP contribution >= 0.6 is 11.6 Å². The lowest BCUT2D eigenvalue weighted by molar-refractivity contribution is -0.492. The van der Waals surface area contributed by atoms with E-state index in [2.05, 4.69) is 26.8 Å². The number of carbonyl (C=O) groups excluding carboxylic acids is 3. The van der Waals surface area contributed by atoms with Gasteiger partial charge in [-0.3, -0.25) is 45.2 Å². The van der Waals surface area contributed by atoms with Crippen molar-refractivity contribution in [2.45, 2.75) is 122 Å². The number of piperidine rings is 1. The number of morpholine rings is 1. The van der Waals surface area contributed by atoms with Gasteiger partial charge in [-0.15, -0.1) is 0 Å². The summed E-state index contributed by atoms with van der Waals surface area (Å²) in [5.74, 6) is -0.858. The van der Waals surface area contributed by atoms with E-state index in [0.29, 0.717) is 64.3 Å². The normalized spacial score (nSPS) is 20.0. The summed E-state index contributed by atoms with van der Waals surface area (Å²) in [6, 6.07) is 12.0. The number of benzene rings is 2. The lowest BCUT2D eigenvalue weighted by Crippen LogP contribution is -2.69. The van der Waals surface area contributed by atoms with Gasteiger partial charge in [-0.05, 0) is 131 Å². The van der Waals surface area contributed by atoms with E-state index >= 15 is 4.79 Å². The Morgan fingerprint density at radius 3 is 2.13 bits per heavy atom. The summed E-state index contributed by atoms with van der Waals surface area (Å²) in [6.07, 6.45) is 6.42. The van der Waals surface area contributed by atoms with E-state index in [-0.39, 0.29) is 98.3 Å². The molecule has 0 radical (unpaired) electrons. The molecule has 6 rings (SSSR count). The quantitative estimate of drug-likeness (QED) is 0.0339. The first-order chi connectivity index (χ1) is 33.2. The van der Waals surface area contributed by atoms with Crippen LogP contribution < -0.4 is 4.74 Å². The first-order valence-electron chi connectivity index (χ1n) is 23.5. The fourth-order valence-corrected chi connectivity index (χ4v) is 9.33. The third-order valence-corrected chi connectivity index (χ3v) is 13.6. The van der Waals surface area contributed by atoms with Crippen LogP contribution in [0.4, 0.5) is 14.0 Å². The van der Waals surface area contributed by atoms with Gasteiger partial charge < -0.3 is 28.6 Å². The number of aromatic nitrogens is 1. The van der Waals surface area contributed by atoms with E-state index < -0.39 is 29.5 Å². The van der Waals surface area contributed by atoms with Gasteiger partial charge in [0.1, 0.15) is 0 Å². The van der Waals surface area contributed by atoms with Crippen molar-refractivity contribution in [1.82, 2.24) is 25.6 Å². The van der Waals surface area contributed by atoms with Crippen LogP contribution in [0.5, 0.6) is 5.75 Å². The van der Waals surface area contributed by atoms with Gasteiger partial charge in [-0.1, -0.05) is 41.9 Å². The topological polar surface area (TPSA) is 223 Å². The monoisotopic (exact) mass is 989 g/mol. The Labute approximate surface area is 406 Å². The van der Waals surface area contributed by atoms with E-state index in [4.69, 9.17) is 56.1 Å². The maximum absolute atomic E-state index is 15.7. The second-order valence-electron chi connectivity index (χ2n) is 17.8. The number of aryl methyl sites for hydroxylation is 3. The van der Waals surface area contributed by atoms with Gasteiger partial charge in [0.2, 0.25) is 5.91 Å². The zero-order valence-electron chi connectivity index (χ0n) is 39.4. The fourth-order valence-electron chi connectivity index (χ4n) is 9.12. The number of nitrogens with zero attached hydrogens (tertiary/aromatic N) is 5. The van der Waals surface area contributed by atoms with Gasteiger partial charge >= 0.3 is 12.2 Å². The number of ether oxygens (including phenoxy) is 5. The molecule has 1 aliphatic carbocycles. The molecular formula is C48H65ClFN5O14. The second kappa shape index (κ2) is 25.9. The van der Waals surface area contributed by atoms with Crippen LogP contribution in [0.25, 0.3) is 0 Å². The Morgan fingerprint density at radius 1 is 0.826 bits per heavy atom. The third kappa shape index (κ3) is 14.7. The molecule has 4 atom stereocenters. The molecule has 1 aromatic heterocycles. The van der Waals surface area contributed by atoms with Crippen LogP contribution in [-0.4, -0.2) is 136 Å². The first kappa shape index (κ1) is 53.6. The van der Waals surface area contributed by atoms with E-state index in [1.54, 1.807) is 24.1 Å². The Morgan fingerprint density at radius 2 is 1.46 bits per heavy atom. The molecule has 3 aliphatic rings. The summed E-state index contributed by atoms with van der Waals surface area (Å²) in [5.41, 5.74) is 4.23. The molecule has 1 saturated carbocycles. The third-order valence-electron chi connectivity index (χ3n) is 13.1. The molecule has 2 aromatic carbocycles. The molecule has 3 aromatic rings. The minimum Gasteiger partial charge on any atom is -0.489 e. The van der Waals surface area contributed by atoms with Crippen molar-refractivity contribution in [3.63, 3.8) is 0 Å². The Bertz CT molecular complexity index is 2150. The van der Waals surface area contributed by atoms with Crippen molar-refractivity contribution in [2.75, 3.05) is 52.9 Å². The van der Waals surface area contributed by atoms with Crippen molar-refractivity contribution in [3.8, 4) is 5.75 Å². The summed E-state index contributed by atoms with van der Waals surface area (Å²) in [4.78, 5) is 59.2. The number of halogens is 2. The van der Waals surface area contributed by atoms with E-state index in [9.17, 15) is 14.0 Å². The zero-order chi connectivity index (χ0) is 49.5. The second-order valence-corrected chi connectivity index (χ2v) is 18.2. The Kier molecular flexibility index (Phi) is 20.1. The Hall–Kier alpha value is -4.74. The number of hydrogen-bond acceptors (Lipinski definition) is 17. The average Bonchev–Trinajstić information content (AvgIpc) is 4.18. The van der Waals surface area contributed by atoms with Crippen molar-refractivity contribution in [2.24, 2.45) is 5.41 Å². The van der Waals surface area contributed by atoms with Crippen molar-refractivity contribution in [3.05, 3.63) is 93.0 Å². The fraction of sp³-hybridized carbons (Fsp3) is 0.583. The van der Waals surface area contributed by atoms with Gasteiger partial charge in [-0.2, -0.15) is 0 Å². The molecule has 2 aliphatic heterocycles. The zero-order valence-corrected chi connectivity index (χ0v) is 40.2. The van der Waals surface area contributed by atoms with Crippen LogP contribution in [0, 0.1) is 25.1 Å². The number of rotatable bonds is 26. The molecule has 4 N–H and O–H groups in total. The van der Waals surface area contributed by atoms with Crippen molar-refractivity contribution < 1.29 is 73.0 Å². The molecule has 3 fully saturated rings. The van der Waals surface area contributed by atoms with E-state index in [1.807, 2.05) is 36.9 Å². The SMILES string of the molecule is Cc1ccc(F)c(OCCCc2ccc(C3CC4COCC(N4C(=O)OCCCCON(O)O)C3(C)C(=O)N(Cc3ccnc(CCCOC(=O)OCCCCON(O)O)c3C)C3CC3)cc2)c1Cl. The van der Waals surface area contributed by atoms with E-state index in [1.165, 1.54) is 6.07 Å². The number of amides is 2. The first-order valence-corrected chi connectivity index (χ1v) is 23.9. The molecule has 0 spiro atoms. The van der Waals surface area contributed by atoms with Gasteiger partial charge in [0.15, 0.2) is 11.6 Å². The molecule has 380 valence electrons. The number of carbonyl (C=O) groups is 3. The standard InChI is InChI=1S/C48H65ClFN5O14/c1-32-12-19-40(50)44(43(32)49)64-24-8-10-34-13-15-35(16-14-34)39-28-38-30-63-31-42(53(38)46(57)65-22-4-6-26-68-54(59)60)48(39,3)45(56)52(37-17-18-37)29-36-20-21-51-41(33(36)2)11-9-25-67-47(58)66-23-5-7-27-69-55(61)62/h12-16,19-21,37-39,42,59-62H,4-11,17-18,22-31H2,1-3H3. The minimum atomic E-state index is -1.16. The molecule has 69 heavy (non-hydrogen) atoms. The van der Waals surface area contributed by atoms with Crippen molar-refractivity contribution >= 4 is 29.8 Å². The number of fused-ring (bicyclic) bond motifs is 2. The van der Waals surface area contributed by atoms with Crippen LogP contribution in [-0.2, 0) is 52.8 Å². The van der Waals surface area contributed by atoms with Crippen molar-refractivity contribution in [1.29, 1.82) is 0 Å². The van der Waals surface area contributed by atoms with Crippen LogP contribution in [0.3, 0.4) is 0 Å². The van der Waals surface area contributed by atoms with E-state index in [0.717, 1.165) is 46.4 Å². The molecular weight excluding hydrogens is 925 g/mol. The lowest BCUT2D eigenvalue weighted by atomic mass is 9.61. The minimum absolute atomic E-state index is 0.00942. The molecule has 4 unspecified atom stereocenters. The highest BCUT2D eigenvalue weighted by molar-refractivity contribution is 6.32. The average molecular weight is 991 g/mol. The molecule has 2 bridgehead atoms. The number of pyridine rings is 1. The molecule has 21 heteroatoms. The summed E-state index contributed by atoms with van der Waals surface area (Å²) in [7, 11) is 0. The maximum Gasteiger partial charge on any atom is 0.508 e. The highest BCUT2D eigenvalue weighted by Gasteiger charge is 2.61. The molecule has 2 saturated heterocycles. The molecule has 3 heterocycles. The molecule has 19 nitrogen and oxygen atoms in total. The Balaban J connectivity index is 1.16. The lowest BCUT2D eigenvalue weighted by Gasteiger charge is -2.57. The summed E-state index contributed by atoms with van der Waals surface area (Å²) < 4.78 is 42.5. The summed E-state index contributed by atoms with van der Waals surface area (Å²) in [6.45, 7) is 7.00. The van der Waals surface area contributed by atoms with Crippen LogP contribution in [0.15, 0.2) is 48.7 Å². The van der Waals surface area contributed by atoms with Gasteiger partial charge in [-0.25, -0.2) is 14.0 Å². The predicted molar refractivity (Wildman–Crippen MR) is 243 cm³/mol. The maximum atomic E-state index is 15.7. The highest BCUT2D eigenvalue weighted by Crippen LogP contribution is 2.53. The highest BCUT2D eigenvalue weighted by atomic mass is 35.5. The molecule has 2 amide bonds. The van der Waals surface area contributed by atoms with Gasteiger partial charge in [0.25, 0.3) is 0 Å². The van der Waals surface area contributed by atoms with Gasteiger partial charge in [0, 0.05) is 30.4 Å². The smallest absolute Gasteiger partial charge is 0.489 e. The number of hydrogen-bond donors (Lipinski definition) is 4. The van der Waals surface area contributed by atoms with Gasteiger partial charge in [0.05, 0.1) is 86.2 Å². The largest absolute Gasteiger partial charge is 0.508 e. The van der Waals surface area contributed by atoms with Crippen LogP contribution in [0.1, 0.15) is 104 Å². The summed E-state index contributed by atoms with van der Waals surface area (Å²) >= 11 is 6.31. The number of unbranched alkanes of at least 4 members (excludes halogenated alkanes) is 2.